The van der Waals surface area contributed by atoms with Crippen molar-refractivity contribution in [2.75, 3.05) is 6.61 Å². The lowest BCUT2D eigenvalue weighted by atomic mass is 10.0. The van der Waals surface area contributed by atoms with E-state index in [1.807, 2.05) is 44.2 Å². The Labute approximate surface area is 144 Å². The van der Waals surface area contributed by atoms with Gasteiger partial charge in [-0.05, 0) is 38.7 Å². The van der Waals surface area contributed by atoms with E-state index in [1.165, 1.54) is 0 Å². The number of benzene rings is 1. The van der Waals surface area contributed by atoms with E-state index in [0.29, 0.717) is 12.8 Å². The molecule has 0 aliphatic carbocycles. The van der Waals surface area contributed by atoms with E-state index in [-0.39, 0.29) is 12.5 Å². The number of hydrogen-bond acceptors (Lipinski definition) is 4. The summed E-state index contributed by atoms with van der Waals surface area (Å²) in [5, 5.41) is 2.62. The lowest BCUT2D eigenvalue weighted by Crippen LogP contribution is -2.45. The molecule has 0 fully saturated rings. The first-order valence-electron chi connectivity index (χ1n) is 8.37. The molecule has 0 saturated carbocycles. The molecule has 134 valence electrons. The van der Waals surface area contributed by atoms with Crippen LogP contribution in [-0.4, -0.2) is 30.3 Å². The summed E-state index contributed by atoms with van der Waals surface area (Å²) >= 11 is 0. The molecule has 0 aliphatic rings. The Morgan fingerprint density at radius 2 is 1.75 bits per heavy atom. The third kappa shape index (κ3) is 8.56. The molecule has 1 amide bonds. The van der Waals surface area contributed by atoms with Crippen LogP contribution < -0.4 is 5.32 Å². The van der Waals surface area contributed by atoms with Crippen LogP contribution in [0.3, 0.4) is 0 Å². The van der Waals surface area contributed by atoms with Gasteiger partial charge in [-0.2, -0.15) is 0 Å². The molecule has 1 N–H and O–H groups in total. The highest BCUT2D eigenvalue weighted by Gasteiger charge is 2.26. The van der Waals surface area contributed by atoms with Gasteiger partial charge in [-0.25, -0.2) is 9.59 Å². The largest absolute Gasteiger partial charge is 0.464 e. The molecular formula is C19H29NO4. The van der Waals surface area contributed by atoms with E-state index in [0.717, 1.165) is 5.56 Å². The fourth-order valence-corrected chi connectivity index (χ4v) is 2.15. The topological polar surface area (TPSA) is 64.6 Å². The molecule has 5 heteroatoms. The lowest BCUT2D eigenvalue weighted by Gasteiger charge is -2.23. The summed E-state index contributed by atoms with van der Waals surface area (Å²) in [4.78, 5) is 24.2. The minimum absolute atomic E-state index is 0.242. The van der Waals surface area contributed by atoms with Crippen LogP contribution in [0.2, 0.25) is 0 Å². The summed E-state index contributed by atoms with van der Waals surface area (Å²) in [6.07, 6.45) is 0.546. The molecular weight excluding hydrogens is 306 g/mol. The predicted octanol–water partition coefficient (Wildman–Crippen LogP) is 3.71. The van der Waals surface area contributed by atoms with Crippen LogP contribution in [0.5, 0.6) is 0 Å². The zero-order valence-corrected chi connectivity index (χ0v) is 15.3. The SMILES string of the molecule is CC(C)C[C@H](NC(=O)OC(C)(C)C)C(=O)OCCc1ccccc1. The first kappa shape index (κ1) is 20.0. The number of rotatable bonds is 7. The molecule has 0 aromatic heterocycles. The van der Waals surface area contributed by atoms with Crippen molar-refractivity contribution in [2.45, 2.75) is 59.1 Å². The van der Waals surface area contributed by atoms with Crippen LogP contribution in [-0.2, 0) is 20.7 Å². The van der Waals surface area contributed by atoms with Crippen molar-refractivity contribution in [2.24, 2.45) is 5.92 Å². The minimum Gasteiger partial charge on any atom is -0.464 e. The second kappa shape index (κ2) is 9.30. The first-order valence-corrected chi connectivity index (χ1v) is 8.37. The maximum absolute atomic E-state index is 12.3. The van der Waals surface area contributed by atoms with Gasteiger partial charge in [0.1, 0.15) is 11.6 Å². The highest BCUT2D eigenvalue weighted by molar-refractivity contribution is 5.81. The third-order valence-electron chi connectivity index (χ3n) is 3.16. The molecule has 0 unspecified atom stereocenters. The quantitative estimate of drug-likeness (QED) is 0.772. The van der Waals surface area contributed by atoms with Crippen LogP contribution in [0, 0.1) is 5.92 Å². The monoisotopic (exact) mass is 335 g/mol. The standard InChI is InChI=1S/C19H29NO4/c1-14(2)13-16(20-18(22)24-19(3,4)5)17(21)23-12-11-15-9-7-6-8-10-15/h6-10,14,16H,11-13H2,1-5H3,(H,20,22)/t16-/m0/s1. The van der Waals surface area contributed by atoms with Gasteiger partial charge in [0.05, 0.1) is 6.61 Å². The zero-order chi connectivity index (χ0) is 18.2. The second-order valence-electron chi connectivity index (χ2n) is 7.23. The molecule has 1 atom stereocenters. The third-order valence-corrected chi connectivity index (χ3v) is 3.16. The van der Waals surface area contributed by atoms with Gasteiger partial charge in [-0.1, -0.05) is 44.2 Å². The summed E-state index contributed by atoms with van der Waals surface area (Å²) in [5.41, 5.74) is 0.495. The predicted molar refractivity (Wildman–Crippen MR) is 93.7 cm³/mol. The number of hydrogen-bond donors (Lipinski definition) is 1. The Morgan fingerprint density at radius 1 is 1.12 bits per heavy atom. The summed E-state index contributed by atoms with van der Waals surface area (Å²) in [7, 11) is 0. The van der Waals surface area contributed by atoms with Crippen LogP contribution >= 0.6 is 0 Å². The summed E-state index contributed by atoms with van der Waals surface area (Å²) in [6, 6.07) is 9.11. The molecule has 0 saturated heterocycles. The Balaban J connectivity index is 2.53. The van der Waals surface area contributed by atoms with Crippen LogP contribution in [0.1, 0.15) is 46.6 Å². The maximum atomic E-state index is 12.3. The molecule has 0 bridgehead atoms. The molecule has 0 spiro atoms. The minimum atomic E-state index is -0.698. The second-order valence-corrected chi connectivity index (χ2v) is 7.23. The van der Waals surface area contributed by atoms with Gasteiger partial charge in [0, 0.05) is 6.42 Å². The van der Waals surface area contributed by atoms with E-state index < -0.39 is 23.7 Å². The summed E-state index contributed by atoms with van der Waals surface area (Å²) in [5.74, 6) is -0.183. The van der Waals surface area contributed by atoms with Gasteiger partial charge in [0.25, 0.3) is 0 Å². The van der Waals surface area contributed by atoms with Crippen molar-refractivity contribution < 1.29 is 19.1 Å². The molecule has 5 nitrogen and oxygen atoms in total. The van der Waals surface area contributed by atoms with Gasteiger partial charge < -0.3 is 14.8 Å². The number of esters is 1. The zero-order valence-electron chi connectivity index (χ0n) is 15.3. The number of carbonyl (C=O) groups is 2. The molecule has 0 heterocycles. The van der Waals surface area contributed by atoms with Crippen molar-refractivity contribution in [3.05, 3.63) is 35.9 Å². The lowest BCUT2D eigenvalue weighted by molar-refractivity contribution is -0.146. The molecule has 1 rings (SSSR count). The normalized spacial score (nSPS) is 12.6. The van der Waals surface area contributed by atoms with E-state index in [4.69, 9.17) is 9.47 Å². The van der Waals surface area contributed by atoms with E-state index >= 15 is 0 Å². The number of nitrogens with one attached hydrogen (secondary N) is 1. The Kier molecular flexibility index (Phi) is 7.75. The smallest absolute Gasteiger partial charge is 0.408 e. The molecule has 0 aliphatic heterocycles. The molecule has 1 aromatic carbocycles. The van der Waals surface area contributed by atoms with Gasteiger partial charge in [-0.15, -0.1) is 0 Å². The highest BCUT2D eigenvalue weighted by Crippen LogP contribution is 2.11. The van der Waals surface area contributed by atoms with Crippen LogP contribution in [0.25, 0.3) is 0 Å². The maximum Gasteiger partial charge on any atom is 0.408 e. The Bertz CT molecular complexity index is 520. The van der Waals surface area contributed by atoms with E-state index in [9.17, 15) is 9.59 Å². The van der Waals surface area contributed by atoms with Crippen LogP contribution in [0.4, 0.5) is 4.79 Å². The van der Waals surface area contributed by atoms with Crippen molar-refractivity contribution in [1.82, 2.24) is 5.32 Å². The van der Waals surface area contributed by atoms with Crippen molar-refractivity contribution in [3.63, 3.8) is 0 Å². The number of ether oxygens (including phenoxy) is 2. The Morgan fingerprint density at radius 3 is 2.29 bits per heavy atom. The van der Waals surface area contributed by atoms with Crippen molar-refractivity contribution >= 4 is 12.1 Å². The molecule has 0 radical (unpaired) electrons. The van der Waals surface area contributed by atoms with E-state index in [2.05, 4.69) is 5.32 Å². The fourth-order valence-electron chi connectivity index (χ4n) is 2.15. The first-order chi connectivity index (χ1) is 11.2. The van der Waals surface area contributed by atoms with Crippen molar-refractivity contribution in [3.8, 4) is 0 Å². The van der Waals surface area contributed by atoms with E-state index in [1.54, 1.807) is 20.8 Å². The fraction of sp³-hybridized carbons (Fsp3) is 0.579. The Hall–Kier alpha value is -2.04. The van der Waals surface area contributed by atoms with Crippen molar-refractivity contribution in [1.29, 1.82) is 0 Å². The summed E-state index contributed by atoms with van der Waals surface area (Å²) in [6.45, 7) is 9.60. The average molecular weight is 335 g/mol. The van der Waals surface area contributed by atoms with Gasteiger partial charge in [0.2, 0.25) is 0 Å². The number of amides is 1. The number of alkyl carbamates (subject to hydrolysis) is 1. The van der Waals surface area contributed by atoms with Crippen LogP contribution in [0.15, 0.2) is 30.3 Å². The van der Waals surface area contributed by atoms with Gasteiger partial charge in [-0.3, -0.25) is 0 Å². The van der Waals surface area contributed by atoms with Gasteiger partial charge >= 0.3 is 12.1 Å². The molecule has 1 aromatic rings. The molecule has 24 heavy (non-hydrogen) atoms. The summed E-state index contributed by atoms with van der Waals surface area (Å²) < 4.78 is 10.5. The number of carbonyl (C=O) groups excluding carboxylic acids is 2. The van der Waals surface area contributed by atoms with Gasteiger partial charge in [0.15, 0.2) is 0 Å². The average Bonchev–Trinajstić information content (AvgIpc) is 2.45. The highest BCUT2D eigenvalue weighted by atomic mass is 16.6.